The van der Waals surface area contributed by atoms with E-state index < -0.39 is 24.5 Å². The number of halogens is 5. The largest absolute Gasteiger partial charge is 0.573 e. The highest BCUT2D eigenvalue weighted by atomic mass is 127. The molecule has 0 saturated carbocycles. The Morgan fingerprint density at radius 3 is 2.61 bits per heavy atom. The molecular weight excluding hydrogens is 389 g/mol. The zero-order chi connectivity index (χ0) is 13.9. The summed E-state index contributed by atoms with van der Waals surface area (Å²) in [7, 11) is 0. The number of carbonyl (C=O) groups is 1. The second-order valence-corrected chi connectivity index (χ2v) is 4.55. The summed E-state index contributed by atoms with van der Waals surface area (Å²) in [6.07, 6.45) is -5.58. The Morgan fingerprint density at radius 1 is 1.56 bits per heavy atom. The van der Waals surface area contributed by atoms with Gasteiger partial charge in [0.2, 0.25) is 0 Å². The fourth-order valence-electron chi connectivity index (χ4n) is 1.16. The summed E-state index contributed by atoms with van der Waals surface area (Å²) in [6.45, 7) is 0. The Labute approximate surface area is 118 Å². The van der Waals surface area contributed by atoms with Gasteiger partial charge in [-0.15, -0.1) is 24.8 Å². The molecule has 0 aliphatic carbocycles. The van der Waals surface area contributed by atoms with Crippen molar-refractivity contribution in [1.29, 1.82) is 0 Å². The number of rotatable bonds is 4. The van der Waals surface area contributed by atoms with Crippen LogP contribution in [0.4, 0.5) is 13.2 Å². The van der Waals surface area contributed by atoms with Crippen LogP contribution in [0.5, 0.6) is 5.75 Å². The molecule has 0 atom stereocenters. The molecule has 100 valence electrons. The van der Waals surface area contributed by atoms with E-state index in [-0.39, 0.29) is 20.8 Å². The van der Waals surface area contributed by atoms with Crippen molar-refractivity contribution in [3.05, 3.63) is 21.0 Å². The van der Waals surface area contributed by atoms with E-state index in [0.29, 0.717) is 0 Å². The number of hydrogen-bond donors (Lipinski definition) is 1. The molecule has 0 radical (unpaired) electrons. The van der Waals surface area contributed by atoms with Crippen molar-refractivity contribution in [2.45, 2.75) is 18.7 Å². The van der Waals surface area contributed by atoms with Crippen molar-refractivity contribution < 1.29 is 27.8 Å². The summed E-state index contributed by atoms with van der Waals surface area (Å²) in [6, 6.07) is 1.31. The van der Waals surface area contributed by atoms with E-state index in [2.05, 4.69) is 9.72 Å². The van der Waals surface area contributed by atoms with E-state index >= 15 is 0 Å². The van der Waals surface area contributed by atoms with Gasteiger partial charge in [0.1, 0.15) is 0 Å². The number of carboxylic acid groups (broad SMARTS) is 1. The molecule has 1 N–H and O–H groups in total. The molecule has 0 aliphatic rings. The Morgan fingerprint density at radius 2 is 2.17 bits per heavy atom. The fourth-order valence-corrected chi connectivity index (χ4v) is 2.08. The number of aliphatic carboxylic acids is 1. The third kappa shape index (κ3) is 4.48. The normalized spacial score (nSPS) is 11.4. The van der Waals surface area contributed by atoms with Crippen LogP contribution in [0.2, 0.25) is 0 Å². The highest BCUT2D eigenvalue weighted by Gasteiger charge is 2.34. The van der Waals surface area contributed by atoms with Crippen LogP contribution in [-0.2, 0) is 17.1 Å². The average molecular weight is 396 g/mol. The van der Waals surface area contributed by atoms with Crippen molar-refractivity contribution in [2.75, 3.05) is 0 Å². The molecular formula is C9H6ClF3INO3. The first-order valence-corrected chi connectivity index (χ1v) is 6.06. The van der Waals surface area contributed by atoms with Gasteiger partial charge in [-0.3, -0.25) is 9.78 Å². The lowest BCUT2D eigenvalue weighted by molar-refractivity contribution is -0.275. The second-order valence-electron chi connectivity index (χ2n) is 3.12. The summed E-state index contributed by atoms with van der Waals surface area (Å²) >= 11 is 7.12. The summed E-state index contributed by atoms with van der Waals surface area (Å²) in [4.78, 5) is 14.3. The molecule has 1 heterocycles. The Bertz CT molecular complexity index is 467. The lowest BCUT2D eigenvalue weighted by Gasteiger charge is -2.14. The molecule has 4 nitrogen and oxygen atoms in total. The highest BCUT2D eigenvalue weighted by Crippen LogP contribution is 2.31. The Hall–Kier alpha value is -0.770. The quantitative estimate of drug-likeness (QED) is 0.629. The monoisotopic (exact) mass is 395 g/mol. The molecule has 0 unspecified atom stereocenters. The minimum Gasteiger partial charge on any atom is -0.481 e. The number of carboxylic acids is 1. The van der Waals surface area contributed by atoms with Gasteiger partial charge in [0.25, 0.3) is 0 Å². The zero-order valence-corrected chi connectivity index (χ0v) is 11.5. The smallest absolute Gasteiger partial charge is 0.481 e. The molecule has 0 bridgehead atoms. The maximum Gasteiger partial charge on any atom is 0.573 e. The first-order valence-electron chi connectivity index (χ1n) is 4.44. The third-order valence-electron chi connectivity index (χ3n) is 1.72. The van der Waals surface area contributed by atoms with Crippen LogP contribution in [-0.4, -0.2) is 22.4 Å². The average Bonchev–Trinajstić information content (AvgIpc) is 2.20. The standard InChI is InChI=1S/C9H6ClF3INO3/c10-3-4-1-5(14)8(18-9(11,12)13)6(15-4)2-7(16)17/h1H,2-3H2,(H,16,17). The number of ether oxygens (including phenoxy) is 1. The van der Waals surface area contributed by atoms with Gasteiger partial charge in [0, 0.05) is 0 Å². The summed E-state index contributed by atoms with van der Waals surface area (Å²) in [5.74, 6) is -1.94. The summed E-state index contributed by atoms with van der Waals surface area (Å²) in [5.41, 5.74) is -0.0192. The van der Waals surface area contributed by atoms with E-state index in [1.807, 2.05) is 0 Å². The van der Waals surface area contributed by atoms with E-state index in [4.69, 9.17) is 16.7 Å². The summed E-state index contributed by atoms with van der Waals surface area (Å²) in [5, 5.41) is 8.63. The van der Waals surface area contributed by atoms with E-state index in [0.717, 1.165) is 0 Å². The highest BCUT2D eigenvalue weighted by molar-refractivity contribution is 14.1. The van der Waals surface area contributed by atoms with Crippen molar-refractivity contribution in [2.24, 2.45) is 0 Å². The zero-order valence-electron chi connectivity index (χ0n) is 8.59. The molecule has 0 spiro atoms. The predicted octanol–water partition coefficient (Wildman–Crippen LogP) is 2.95. The predicted molar refractivity (Wildman–Crippen MR) is 64.5 cm³/mol. The van der Waals surface area contributed by atoms with E-state index in [1.54, 1.807) is 22.6 Å². The molecule has 0 aromatic carbocycles. The lowest BCUT2D eigenvalue weighted by Crippen LogP contribution is -2.20. The van der Waals surface area contributed by atoms with Crippen LogP contribution >= 0.6 is 34.2 Å². The Balaban J connectivity index is 3.24. The van der Waals surface area contributed by atoms with Crippen molar-refractivity contribution >= 4 is 40.2 Å². The van der Waals surface area contributed by atoms with Gasteiger partial charge in [-0.1, -0.05) is 0 Å². The number of alkyl halides is 4. The maximum absolute atomic E-state index is 12.2. The van der Waals surface area contributed by atoms with Crippen LogP contribution < -0.4 is 4.74 Å². The van der Waals surface area contributed by atoms with Crippen LogP contribution in [0, 0.1) is 3.57 Å². The lowest BCUT2D eigenvalue weighted by atomic mass is 10.2. The number of hydrogen-bond acceptors (Lipinski definition) is 3. The van der Waals surface area contributed by atoms with Crippen LogP contribution in [0.1, 0.15) is 11.4 Å². The first kappa shape index (κ1) is 15.3. The van der Waals surface area contributed by atoms with Crippen LogP contribution in [0.15, 0.2) is 6.07 Å². The van der Waals surface area contributed by atoms with E-state index in [1.165, 1.54) is 6.07 Å². The molecule has 9 heteroatoms. The van der Waals surface area contributed by atoms with E-state index in [9.17, 15) is 18.0 Å². The minimum atomic E-state index is -4.91. The molecule has 18 heavy (non-hydrogen) atoms. The fraction of sp³-hybridized carbons (Fsp3) is 0.333. The van der Waals surface area contributed by atoms with Crippen molar-refractivity contribution in [1.82, 2.24) is 4.98 Å². The molecule has 0 saturated heterocycles. The number of aromatic nitrogens is 1. The molecule has 0 fully saturated rings. The molecule has 0 aliphatic heterocycles. The first-order chi connectivity index (χ1) is 8.23. The number of nitrogens with zero attached hydrogens (tertiary/aromatic N) is 1. The Kier molecular flexibility index (Phi) is 5.02. The topological polar surface area (TPSA) is 59.4 Å². The van der Waals surface area contributed by atoms with Gasteiger partial charge in [-0.05, 0) is 28.7 Å². The van der Waals surface area contributed by atoms with Crippen LogP contribution in [0.3, 0.4) is 0 Å². The summed E-state index contributed by atoms with van der Waals surface area (Å²) < 4.78 is 40.5. The molecule has 1 rings (SSSR count). The second kappa shape index (κ2) is 5.91. The van der Waals surface area contributed by atoms with Crippen molar-refractivity contribution in [3.8, 4) is 5.75 Å². The molecule has 1 aromatic heterocycles. The van der Waals surface area contributed by atoms with Gasteiger partial charge in [-0.25, -0.2) is 0 Å². The van der Waals surface area contributed by atoms with Crippen molar-refractivity contribution in [3.63, 3.8) is 0 Å². The minimum absolute atomic E-state index is 0.0328. The molecule has 1 aromatic rings. The third-order valence-corrected chi connectivity index (χ3v) is 2.80. The van der Waals surface area contributed by atoms with Gasteiger partial charge in [0.15, 0.2) is 5.75 Å². The SMILES string of the molecule is O=C(O)Cc1nc(CCl)cc(I)c1OC(F)(F)F. The van der Waals surface area contributed by atoms with Gasteiger partial charge in [-0.2, -0.15) is 0 Å². The van der Waals surface area contributed by atoms with Gasteiger partial charge in [0.05, 0.1) is 27.3 Å². The number of pyridine rings is 1. The molecule has 0 amide bonds. The van der Waals surface area contributed by atoms with Crippen LogP contribution in [0.25, 0.3) is 0 Å². The van der Waals surface area contributed by atoms with Gasteiger partial charge < -0.3 is 9.84 Å². The van der Waals surface area contributed by atoms with Gasteiger partial charge >= 0.3 is 12.3 Å². The maximum atomic E-state index is 12.2.